The highest BCUT2D eigenvalue weighted by Gasteiger charge is 2.46. The number of aromatic nitrogens is 2. The fraction of sp³-hybridized carbons (Fsp3) is 0.148. The molecule has 0 saturated heterocycles. The summed E-state index contributed by atoms with van der Waals surface area (Å²) in [7, 11) is 1.82. The SMILES string of the molecule is Cc1c(C(c2ccccc2)C2C(=O)c3ccccc3C2=O)c(=O)n(-c2ccccc2)n1C. The lowest BCUT2D eigenvalue weighted by Crippen LogP contribution is -2.30. The normalized spacial score (nSPS) is 14.6. The van der Waals surface area contributed by atoms with E-state index in [-0.39, 0.29) is 17.1 Å². The van der Waals surface area contributed by atoms with E-state index >= 15 is 0 Å². The molecule has 5 heteroatoms. The van der Waals surface area contributed by atoms with Crippen molar-refractivity contribution in [2.24, 2.45) is 13.0 Å². The number of rotatable bonds is 4. The Morgan fingerprint density at radius 2 is 1.22 bits per heavy atom. The number of hydrogen-bond donors (Lipinski definition) is 0. The van der Waals surface area contributed by atoms with Crippen molar-refractivity contribution in [2.75, 3.05) is 0 Å². The lowest BCUT2D eigenvalue weighted by Gasteiger charge is -2.21. The van der Waals surface area contributed by atoms with E-state index in [4.69, 9.17) is 0 Å². The zero-order valence-electron chi connectivity index (χ0n) is 17.9. The average Bonchev–Trinajstić information content (AvgIpc) is 3.20. The minimum Gasteiger partial charge on any atom is -0.293 e. The molecule has 5 nitrogen and oxygen atoms in total. The average molecular weight is 422 g/mol. The first-order valence-corrected chi connectivity index (χ1v) is 10.6. The van der Waals surface area contributed by atoms with Crippen LogP contribution in [0.1, 0.15) is 43.5 Å². The Labute approximate surface area is 185 Å². The maximum atomic E-state index is 13.8. The summed E-state index contributed by atoms with van der Waals surface area (Å²) in [6.45, 7) is 1.86. The van der Waals surface area contributed by atoms with Crippen LogP contribution >= 0.6 is 0 Å². The maximum Gasteiger partial charge on any atom is 0.275 e. The highest BCUT2D eigenvalue weighted by atomic mass is 16.2. The molecule has 0 N–H and O–H groups in total. The third-order valence-electron chi connectivity index (χ3n) is 6.42. The summed E-state index contributed by atoms with van der Waals surface area (Å²) in [4.78, 5) is 40.7. The van der Waals surface area contributed by atoms with Crippen LogP contribution in [0.4, 0.5) is 0 Å². The van der Waals surface area contributed by atoms with Gasteiger partial charge in [0.05, 0.1) is 11.6 Å². The van der Waals surface area contributed by atoms with E-state index in [1.165, 1.54) is 0 Å². The van der Waals surface area contributed by atoms with Gasteiger partial charge in [0.1, 0.15) is 0 Å². The molecule has 1 aliphatic carbocycles. The van der Waals surface area contributed by atoms with Gasteiger partial charge in [-0.05, 0) is 24.6 Å². The number of hydrogen-bond acceptors (Lipinski definition) is 3. The molecule has 158 valence electrons. The van der Waals surface area contributed by atoms with Gasteiger partial charge in [-0.15, -0.1) is 0 Å². The van der Waals surface area contributed by atoms with Gasteiger partial charge in [-0.2, -0.15) is 0 Å². The van der Waals surface area contributed by atoms with E-state index in [1.807, 2.05) is 74.6 Å². The van der Waals surface area contributed by atoms with E-state index in [0.29, 0.717) is 16.7 Å². The Morgan fingerprint density at radius 1 is 0.719 bits per heavy atom. The minimum absolute atomic E-state index is 0.221. The molecule has 0 fully saturated rings. The van der Waals surface area contributed by atoms with Crippen LogP contribution in [-0.2, 0) is 7.05 Å². The second kappa shape index (κ2) is 7.61. The minimum atomic E-state index is -0.965. The van der Waals surface area contributed by atoms with Gasteiger partial charge in [0.25, 0.3) is 5.56 Å². The van der Waals surface area contributed by atoms with Gasteiger partial charge in [-0.25, -0.2) is 4.68 Å². The standard InChI is InChI=1S/C27H22N2O3/c1-17-22(27(32)29(28(17)2)19-13-7-4-8-14-19)23(18-11-5-3-6-12-18)24-25(30)20-15-9-10-16-21(20)26(24)31/h3-16,23-24H,1-2H3. The third kappa shape index (κ3) is 2.89. The Bertz CT molecular complexity index is 1360. The number of ketones is 2. The van der Waals surface area contributed by atoms with Crippen molar-refractivity contribution in [3.05, 3.63) is 123 Å². The maximum absolute atomic E-state index is 13.8. The van der Waals surface area contributed by atoms with Gasteiger partial charge < -0.3 is 0 Å². The molecule has 0 bridgehead atoms. The third-order valence-corrected chi connectivity index (χ3v) is 6.42. The Hall–Kier alpha value is -3.99. The second-order valence-electron chi connectivity index (χ2n) is 8.12. The zero-order chi connectivity index (χ0) is 22.4. The van der Waals surface area contributed by atoms with Gasteiger partial charge in [-0.1, -0.05) is 72.8 Å². The molecule has 0 radical (unpaired) electrons. The molecule has 0 amide bonds. The highest BCUT2D eigenvalue weighted by molar-refractivity contribution is 6.27. The Kier molecular flexibility index (Phi) is 4.74. The van der Waals surface area contributed by atoms with E-state index < -0.39 is 11.8 Å². The van der Waals surface area contributed by atoms with Crippen LogP contribution in [0, 0.1) is 12.8 Å². The monoisotopic (exact) mass is 422 g/mol. The van der Waals surface area contributed by atoms with Crippen LogP contribution in [0.25, 0.3) is 5.69 Å². The van der Waals surface area contributed by atoms with E-state index in [0.717, 1.165) is 16.9 Å². The molecular weight excluding hydrogens is 400 g/mol. The summed E-state index contributed by atoms with van der Waals surface area (Å²) in [5, 5.41) is 0. The van der Waals surface area contributed by atoms with E-state index in [2.05, 4.69) is 0 Å². The molecule has 5 rings (SSSR count). The zero-order valence-corrected chi connectivity index (χ0v) is 17.9. The number of benzene rings is 3. The summed E-state index contributed by atoms with van der Waals surface area (Å²) in [6, 6.07) is 25.7. The fourth-order valence-electron chi connectivity index (χ4n) is 4.80. The van der Waals surface area contributed by atoms with Gasteiger partial charge in [0, 0.05) is 35.3 Å². The largest absolute Gasteiger partial charge is 0.293 e. The first kappa shape index (κ1) is 19.9. The number of Topliss-reactive ketones (excluding diaryl/α,β-unsaturated/α-hetero) is 2. The molecule has 4 aromatic rings. The van der Waals surface area contributed by atoms with Crippen molar-refractivity contribution in [3.63, 3.8) is 0 Å². The fourth-order valence-corrected chi connectivity index (χ4v) is 4.80. The summed E-state index contributed by atoms with van der Waals surface area (Å²) >= 11 is 0. The molecule has 0 saturated carbocycles. The predicted molar refractivity (Wildman–Crippen MR) is 123 cm³/mol. The van der Waals surface area contributed by atoms with Crippen molar-refractivity contribution in [2.45, 2.75) is 12.8 Å². The van der Waals surface area contributed by atoms with Gasteiger partial charge >= 0.3 is 0 Å². The lowest BCUT2D eigenvalue weighted by molar-refractivity contribution is 0.0824. The van der Waals surface area contributed by atoms with Crippen LogP contribution < -0.4 is 5.56 Å². The van der Waals surface area contributed by atoms with Crippen molar-refractivity contribution in [3.8, 4) is 5.69 Å². The second-order valence-corrected chi connectivity index (χ2v) is 8.12. The molecular formula is C27H22N2O3. The molecule has 0 aliphatic heterocycles. The smallest absolute Gasteiger partial charge is 0.275 e. The van der Waals surface area contributed by atoms with E-state index in [1.54, 1.807) is 33.6 Å². The predicted octanol–water partition coefficient (Wildman–Crippen LogP) is 4.31. The van der Waals surface area contributed by atoms with Crippen LogP contribution in [0.3, 0.4) is 0 Å². The quantitative estimate of drug-likeness (QED) is 0.461. The lowest BCUT2D eigenvalue weighted by atomic mass is 9.78. The van der Waals surface area contributed by atoms with Crippen LogP contribution in [0.5, 0.6) is 0 Å². The number of carbonyl (C=O) groups is 2. The number of nitrogens with zero attached hydrogens (tertiary/aromatic N) is 2. The molecule has 1 atom stereocenters. The molecule has 0 spiro atoms. The van der Waals surface area contributed by atoms with Crippen LogP contribution in [-0.4, -0.2) is 20.9 Å². The van der Waals surface area contributed by atoms with E-state index in [9.17, 15) is 14.4 Å². The molecule has 1 heterocycles. The van der Waals surface area contributed by atoms with Crippen molar-refractivity contribution < 1.29 is 9.59 Å². The summed E-state index contributed by atoms with van der Waals surface area (Å²) in [5.41, 5.74) is 3.35. The number of carbonyl (C=O) groups excluding carboxylic acids is 2. The first-order chi connectivity index (χ1) is 15.5. The highest BCUT2D eigenvalue weighted by Crippen LogP contribution is 2.40. The summed E-state index contributed by atoms with van der Waals surface area (Å²) in [6.07, 6.45) is 0. The van der Waals surface area contributed by atoms with Crippen LogP contribution in [0.15, 0.2) is 89.7 Å². The number of para-hydroxylation sites is 1. The summed E-state index contributed by atoms with van der Waals surface area (Å²) in [5.74, 6) is -2.10. The van der Waals surface area contributed by atoms with Gasteiger partial charge in [0.15, 0.2) is 11.6 Å². The molecule has 1 unspecified atom stereocenters. The van der Waals surface area contributed by atoms with Crippen molar-refractivity contribution >= 4 is 11.6 Å². The van der Waals surface area contributed by atoms with Crippen LogP contribution in [0.2, 0.25) is 0 Å². The summed E-state index contributed by atoms with van der Waals surface area (Å²) < 4.78 is 3.39. The first-order valence-electron chi connectivity index (χ1n) is 10.6. The molecule has 3 aromatic carbocycles. The Morgan fingerprint density at radius 3 is 1.78 bits per heavy atom. The van der Waals surface area contributed by atoms with Crippen molar-refractivity contribution in [1.29, 1.82) is 0 Å². The van der Waals surface area contributed by atoms with Crippen molar-refractivity contribution in [1.82, 2.24) is 9.36 Å². The Balaban J connectivity index is 1.76. The molecule has 32 heavy (non-hydrogen) atoms. The topological polar surface area (TPSA) is 61.1 Å². The molecule has 1 aliphatic rings. The molecule has 1 aromatic heterocycles. The number of fused-ring (bicyclic) bond motifs is 1. The van der Waals surface area contributed by atoms with Gasteiger partial charge in [-0.3, -0.25) is 19.1 Å². The van der Waals surface area contributed by atoms with Gasteiger partial charge in [0.2, 0.25) is 0 Å².